The highest BCUT2D eigenvalue weighted by atomic mass is 32.1. The van der Waals surface area contributed by atoms with Crippen molar-refractivity contribution >= 4 is 23.2 Å². The molecular formula is C28H35N3O4S. The van der Waals surface area contributed by atoms with Crippen molar-refractivity contribution in [1.82, 2.24) is 15.4 Å². The van der Waals surface area contributed by atoms with Crippen LogP contribution >= 0.6 is 11.3 Å². The van der Waals surface area contributed by atoms with Crippen molar-refractivity contribution in [2.75, 3.05) is 6.54 Å². The SMILES string of the molecule is CC[C@H](NC(=O)[C@@H]1C[C@@H](O)CN1C(=O)[C@@H](c1cc(C)no1)C(C)C)c1ccc(-c2sccc2C)cc1. The van der Waals surface area contributed by atoms with Gasteiger partial charge in [-0.25, -0.2) is 0 Å². The smallest absolute Gasteiger partial charge is 0.243 e. The number of β-amino-alcohol motifs (C(OH)–C–C–N with tert-alkyl or cyclic N) is 1. The third kappa shape index (κ3) is 5.39. The Hall–Kier alpha value is -2.97. The van der Waals surface area contributed by atoms with Crippen LogP contribution in [-0.2, 0) is 9.59 Å². The molecule has 0 unspecified atom stereocenters. The van der Waals surface area contributed by atoms with Crippen LogP contribution in [-0.4, -0.2) is 45.7 Å². The minimum Gasteiger partial charge on any atom is -0.391 e. The molecule has 7 nitrogen and oxygen atoms in total. The molecule has 1 saturated heterocycles. The molecule has 3 aromatic rings. The number of carbonyl (C=O) groups is 2. The van der Waals surface area contributed by atoms with Gasteiger partial charge < -0.3 is 19.8 Å². The largest absolute Gasteiger partial charge is 0.391 e. The highest BCUT2D eigenvalue weighted by Gasteiger charge is 2.43. The molecule has 8 heteroatoms. The number of aliphatic hydroxyl groups excluding tert-OH is 1. The summed E-state index contributed by atoms with van der Waals surface area (Å²) in [5, 5.41) is 19.6. The van der Waals surface area contributed by atoms with E-state index in [0.717, 1.165) is 11.1 Å². The van der Waals surface area contributed by atoms with Gasteiger partial charge in [0.2, 0.25) is 11.8 Å². The maximum Gasteiger partial charge on any atom is 0.243 e. The van der Waals surface area contributed by atoms with E-state index >= 15 is 0 Å². The number of aromatic nitrogens is 1. The molecule has 2 aromatic heterocycles. The van der Waals surface area contributed by atoms with Crippen molar-refractivity contribution in [3.8, 4) is 10.4 Å². The third-order valence-electron chi connectivity index (χ3n) is 6.91. The van der Waals surface area contributed by atoms with Crippen molar-refractivity contribution in [3.63, 3.8) is 0 Å². The summed E-state index contributed by atoms with van der Waals surface area (Å²) in [5.74, 6) is -0.606. The maximum atomic E-state index is 13.6. The number of rotatable bonds is 8. The van der Waals surface area contributed by atoms with E-state index in [1.807, 2.05) is 27.7 Å². The molecule has 36 heavy (non-hydrogen) atoms. The van der Waals surface area contributed by atoms with Crippen LogP contribution in [0.1, 0.15) is 68.2 Å². The number of hydrogen-bond acceptors (Lipinski definition) is 6. The summed E-state index contributed by atoms with van der Waals surface area (Å²) in [5.41, 5.74) is 4.12. The highest BCUT2D eigenvalue weighted by Crippen LogP contribution is 2.32. The van der Waals surface area contributed by atoms with E-state index in [4.69, 9.17) is 4.52 Å². The Morgan fingerprint density at radius 3 is 2.50 bits per heavy atom. The fourth-order valence-corrected chi connectivity index (χ4v) is 5.91. The number of carbonyl (C=O) groups excluding carboxylic acids is 2. The molecule has 3 heterocycles. The molecule has 0 radical (unpaired) electrons. The van der Waals surface area contributed by atoms with Gasteiger partial charge in [-0.15, -0.1) is 11.3 Å². The van der Waals surface area contributed by atoms with Gasteiger partial charge in [0.15, 0.2) is 0 Å². The van der Waals surface area contributed by atoms with E-state index in [9.17, 15) is 14.7 Å². The van der Waals surface area contributed by atoms with Crippen LogP contribution in [0.2, 0.25) is 0 Å². The summed E-state index contributed by atoms with van der Waals surface area (Å²) in [6.45, 7) is 9.94. The zero-order valence-corrected chi connectivity index (χ0v) is 22.3. The summed E-state index contributed by atoms with van der Waals surface area (Å²) < 4.78 is 5.41. The van der Waals surface area contributed by atoms with E-state index in [1.165, 1.54) is 15.3 Å². The van der Waals surface area contributed by atoms with Gasteiger partial charge in [-0.2, -0.15) is 0 Å². The van der Waals surface area contributed by atoms with Gasteiger partial charge >= 0.3 is 0 Å². The minimum atomic E-state index is -0.748. The van der Waals surface area contributed by atoms with Gasteiger partial charge in [0.05, 0.1) is 17.8 Å². The number of aliphatic hydroxyl groups is 1. The normalized spacial score (nSPS) is 19.5. The Kier molecular flexibility index (Phi) is 7.95. The molecule has 2 amide bonds. The maximum absolute atomic E-state index is 13.6. The average Bonchev–Trinajstić information content (AvgIpc) is 3.57. The number of hydrogen-bond donors (Lipinski definition) is 2. The Labute approximate surface area is 216 Å². The first-order valence-electron chi connectivity index (χ1n) is 12.6. The number of likely N-dealkylation sites (tertiary alicyclic amines) is 1. The lowest BCUT2D eigenvalue weighted by molar-refractivity contribution is -0.141. The molecule has 1 aliphatic heterocycles. The first kappa shape index (κ1) is 26.1. The lowest BCUT2D eigenvalue weighted by atomic mass is 9.91. The van der Waals surface area contributed by atoms with Crippen molar-refractivity contribution in [2.24, 2.45) is 5.92 Å². The topological polar surface area (TPSA) is 95.7 Å². The predicted octanol–water partition coefficient (Wildman–Crippen LogP) is 4.99. The van der Waals surface area contributed by atoms with Gasteiger partial charge in [-0.05, 0) is 54.3 Å². The van der Waals surface area contributed by atoms with Crippen LogP contribution in [0.15, 0.2) is 46.3 Å². The molecule has 4 rings (SSSR count). The molecule has 1 fully saturated rings. The second-order valence-electron chi connectivity index (χ2n) is 10.0. The standard InChI is InChI=1S/C28H35N3O4S/c1-6-22(19-7-9-20(10-8-19)26-17(4)11-12-36-26)29-27(33)23-14-21(32)15-31(23)28(34)25(16(2)3)24-13-18(5)30-35-24/h7-13,16,21-23,25,32H,6,14-15H2,1-5H3,(H,29,33)/t21-,22+,23+,25-/m1/s1. The van der Waals surface area contributed by atoms with Crippen molar-refractivity contribution < 1.29 is 19.2 Å². The number of aryl methyl sites for hydroxylation is 2. The van der Waals surface area contributed by atoms with E-state index in [1.54, 1.807) is 17.4 Å². The monoisotopic (exact) mass is 509 g/mol. The molecule has 1 aliphatic rings. The van der Waals surface area contributed by atoms with E-state index in [-0.39, 0.29) is 36.7 Å². The highest BCUT2D eigenvalue weighted by molar-refractivity contribution is 7.13. The molecule has 0 spiro atoms. The van der Waals surface area contributed by atoms with Crippen LogP contribution in [0.25, 0.3) is 10.4 Å². The van der Waals surface area contributed by atoms with Crippen molar-refractivity contribution in [1.29, 1.82) is 0 Å². The number of benzene rings is 1. The summed E-state index contributed by atoms with van der Waals surface area (Å²) in [4.78, 5) is 29.8. The summed E-state index contributed by atoms with van der Waals surface area (Å²) in [7, 11) is 0. The summed E-state index contributed by atoms with van der Waals surface area (Å²) in [6.07, 6.45) is 0.172. The number of nitrogens with one attached hydrogen (secondary N) is 1. The molecule has 0 aliphatic carbocycles. The molecular weight excluding hydrogens is 474 g/mol. The average molecular weight is 510 g/mol. The van der Waals surface area contributed by atoms with Gasteiger partial charge in [0.25, 0.3) is 0 Å². The van der Waals surface area contributed by atoms with Crippen LogP contribution in [0.3, 0.4) is 0 Å². The lowest BCUT2D eigenvalue weighted by Crippen LogP contribution is -2.48. The Morgan fingerprint density at radius 2 is 1.94 bits per heavy atom. The van der Waals surface area contributed by atoms with Crippen LogP contribution < -0.4 is 5.32 Å². The fraction of sp³-hybridized carbons (Fsp3) is 0.464. The molecule has 0 saturated carbocycles. The second-order valence-corrected chi connectivity index (χ2v) is 10.9. The molecule has 2 N–H and O–H groups in total. The zero-order chi connectivity index (χ0) is 26.0. The number of thiophene rings is 1. The number of nitrogens with zero attached hydrogens (tertiary/aromatic N) is 2. The molecule has 4 atom stereocenters. The van der Waals surface area contributed by atoms with Gasteiger partial charge in [0, 0.05) is 23.9 Å². The first-order chi connectivity index (χ1) is 17.2. The lowest BCUT2D eigenvalue weighted by Gasteiger charge is -2.30. The first-order valence-corrected chi connectivity index (χ1v) is 13.4. The van der Waals surface area contributed by atoms with Crippen molar-refractivity contribution in [3.05, 3.63) is 64.4 Å². The molecule has 0 bridgehead atoms. The molecule has 192 valence electrons. The zero-order valence-electron chi connectivity index (χ0n) is 21.5. The third-order valence-corrected chi connectivity index (χ3v) is 7.98. The fourth-order valence-electron chi connectivity index (χ4n) is 4.97. The number of amides is 2. The van der Waals surface area contributed by atoms with Crippen LogP contribution in [0.5, 0.6) is 0 Å². The van der Waals surface area contributed by atoms with Crippen LogP contribution in [0.4, 0.5) is 0 Å². The van der Waals surface area contributed by atoms with E-state index in [2.05, 4.69) is 53.1 Å². The minimum absolute atomic E-state index is 0.0554. The summed E-state index contributed by atoms with van der Waals surface area (Å²) >= 11 is 1.72. The van der Waals surface area contributed by atoms with Gasteiger partial charge in [-0.3, -0.25) is 9.59 Å². The van der Waals surface area contributed by atoms with E-state index in [0.29, 0.717) is 17.9 Å². The molecule has 1 aromatic carbocycles. The van der Waals surface area contributed by atoms with Gasteiger partial charge in [0.1, 0.15) is 17.7 Å². The second kappa shape index (κ2) is 11.0. The Bertz CT molecular complexity index is 1200. The summed E-state index contributed by atoms with van der Waals surface area (Å²) in [6, 6.07) is 11.2. The predicted molar refractivity (Wildman–Crippen MR) is 141 cm³/mol. The van der Waals surface area contributed by atoms with Crippen molar-refractivity contribution in [2.45, 2.75) is 71.6 Å². The Morgan fingerprint density at radius 1 is 1.22 bits per heavy atom. The van der Waals surface area contributed by atoms with Gasteiger partial charge in [-0.1, -0.05) is 50.2 Å². The van der Waals surface area contributed by atoms with Crippen LogP contribution in [0, 0.1) is 19.8 Å². The Balaban J connectivity index is 1.50. The van der Waals surface area contributed by atoms with E-state index < -0.39 is 18.1 Å². The quantitative estimate of drug-likeness (QED) is 0.446.